The molecule has 1 aliphatic rings. The lowest BCUT2D eigenvalue weighted by Gasteiger charge is -2.28. The predicted octanol–water partition coefficient (Wildman–Crippen LogP) is 3.05. The van der Waals surface area contributed by atoms with Crippen LogP contribution in [0, 0.1) is 18.7 Å². The van der Waals surface area contributed by atoms with E-state index in [1.54, 1.807) is 18.0 Å². The molecule has 0 saturated carbocycles. The summed E-state index contributed by atoms with van der Waals surface area (Å²) in [6, 6.07) is 4.87. The fraction of sp³-hybridized carbons (Fsp3) is 0.462. The largest absolute Gasteiger partial charge is 0.303 e. The molecule has 1 aromatic carbocycles. The molecule has 92 valence electrons. The van der Waals surface area contributed by atoms with Crippen molar-refractivity contribution in [2.24, 2.45) is 5.92 Å². The number of rotatable bonds is 3. The fourth-order valence-corrected chi connectivity index (χ4v) is 2.96. The maximum Gasteiger partial charge on any atom is 0.123 e. The Balaban J connectivity index is 1.95. The molecule has 0 bridgehead atoms. The van der Waals surface area contributed by atoms with Crippen molar-refractivity contribution in [3.05, 3.63) is 29.6 Å². The maximum absolute atomic E-state index is 13.0. The zero-order valence-corrected chi connectivity index (χ0v) is 10.7. The summed E-state index contributed by atoms with van der Waals surface area (Å²) < 4.78 is 15.2. The predicted molar refractivity (Wildman–Crippen MR) is 67.4 cm³/mol. The van der Waals surface area contributed by atoms with E-state index in [1.807, 2.05) is 13.0 Å². The molecular weight excluding hydrogens is 237 g/mol. The zero-order chi connectivity index (χ0) is 12.3. The Labute approximate surface area is 105 Å². The Morgan fingerprint density at radius 3 is 2.71 bits per heavy atom. The summed E-state index contributed by atoms with van der Waals surface area (Å²) in [5.41, 5.74) is 0.965. The first kappa shape index (κ1) is 12.6. The number of halogens is 1. The Hall–Kier alpha value is -0.870. The van der Waals surface area contributed by atoms with Gasteiger partial charge in [0.1, 0.15) is 12.1 Å². The van der Waals surface area contributed by atoms with Gasteiger partial charge >= 0.3 is 0 Å². The molecule has 4 heteroatoms. The topological polar surface area (TPSA) is 20.3 Å². The minimum absolute atomic E-state index is 0.188. The van der Waals surface area contributed by atoms with Crippen LogP contribution in [0.15, 0.2) is 23.1 Å². The average molecular weight is 253 g/mol. The summed E-state index contributed by atoms with van der Waals surface area (Å²) in [5.74, 6) is 0.0349. The second-order valence-electron chi connectivity index (χ2n) is 4.40. The SMILES string of the molecule is Cc1cc(F)ccc1SN1CCC(C=O)CC1. The second kappa shape index (κ2) is 5.65. The van der Waals surface area contributed by atoms with Gasteiger partial charge in [0, 0.05) is 23.9 Å². The molecule has 2 nitrogen and oxygen atoms in total. The van der Waals surface area contributed by atoms with Crippen molar-refractivity contribution in [3.63, 3.8) is 0 Å². The molecule has 0 aliphatic carbocycles. The van der Waals surface area contributed by atoms with Crippen LogP contribution < -0.4 is 0 Å². The Morgan fingerprint density at radius 1 is 1.41 bits per heavy atom. The van der Waals surface area contributed by atoms with Crippen LogP contribution in [0.4, 0.5) is 4.39 Å². The molecule has 0 spiro atoms. The first-order valence-electron chi connectivity index (χ1n) is 5.83. The molecule has 1 aliphatic heterocycles. The molecular formula is C13H16FNOS. The molecule has 17 heavy (non-hydrogen) atoms. The number of aryl methyl sites for hydroxylation is 1. The number of hydrogen-bond donors (Lipinski definition) is 0. The molecule has 0 amide bonds. The summed E-state index contributed by atoms with van der Waals surface area (Å²) in [6.45, 7) is 3.76. The third-order valence-corrected chi connectivity index (χ3v) is 4.33. The van der Waals surface area contributed by atoms with Gasteiger partial charge < -0.3 is 4.79 Å². The molecule has 0 radical (unpaired) electrons. The Morgan fingerprint density at radius 2 is 2.12 bits per heavy atom. The van der Waals surface area contributed by atoms with Crippen LogP contribution in [0.3, 0.4) is 0 Å². The molecule has 0 unspecified atom stereocenters. The van der Waals surface area contributed by atoms with Gasteiger partial charge in [0.15, 0.2) is 0 Å². The van der Waals surface area contributed by atoms with E-state index in [2.05, 4.69) is 4.31 Å². The molecule has 0 N–H and O–H groups in total. The van der Waals surface area contributed by atoms with Crippen molar-refractivity contribution >= 4 is 18.2 Å². The molecule has 1 fully saturated rings. The van der Waals surface area contributed by atoms with Gasteiger partial charge in [-0.05, 0) is 55.5 Å². The van der Waals surface area contributed by atoms with Crippen LogP contribution in [-0.2, 0) is 4.79 Å². The zero-order valence-electron chi connectivity index (χ0n) is 9.86. The van der Waals surface area contributed by atoms with E-state index in [0.717, 1.165) is 42.7 Å². The van der Waals surface area contributed by atoms with Gasteiger partial charge in [-0.25, -0.2) is 8.70 Å². The smallest absolute Gasteiger partial charge is 0.123 e. The van der Waals surface area contributed by atoms with Gasteiger partial charge in [0.05, 0.1) is 0 Å². The number of carbonyl (C=O) groups excluding carboxylic acids is 1. The lowest BCUT2D eigenvalue weighted by atomic mass is 10.0. The Kier molecular flexibility index (Phi) is 4.18. The lowest BCUT2D eigenvalue weighted by Crippen LogP contribution is -2.29. The van der Waals surface area contributed by atoms with E-state index < -0.39 is 0 Å². The number of piperidine rings is 1. The van der Waals surface area contributed by atoms with E-state index in [0.29, 0.717) is 0 Å². The van der Waals surface area contributed by atoms with Crippen LogP contribution in [0.1, 0.15) is 18.4 Å². The third-order valence-electron chi connectivity index (χ3n) is 3.06. The maximum atomic E-state index is 13.0. The second-order valence-corrected chi connectivity index (χ2v) is 5.54. The van der Waals surface area contributed by atoms with Crippen molar-refractivity contribution in [1.29, 1.82) is 0 Å². The number of nitrogens with zero attached hydrogens (tertiary/aromatic N) is 1. The quantitative estimate of drug-likeness (QED) is 0.610. The normalized spacial score (nSPS) is 18.2. The minimum Gasteiger partial charge on any atom is -0.303 e. The first-order chi connectivity index (χ1) is 8.19. The molecule has 2 rings (SSSR count). The van der Waals surface area contributed by atoms with Crippen LogP contribution in [0.5, 0.6) is 0 Å². The minimum atomic E-state index is -0.188. The van der Waals surface area contributed by atoms with Crippen LogP contribution in [0.25, 0.3) is 0 Å². The molecule has 1 heterocycles. The van der Waals surface area contributed by atoms with Crippen molar-refractivity contribution in [1.82, 2.24) is 4.31 Å². The van der Waals surface area contributed by atoms with Gasteiger partial charge in [-0.1, -0.05) is 0 Å². The Bertz CT molecular complexity index is 402. The van der Waals surface area contributed by atoms with Crippen molar-refractivity contribution in [3.8, 4) is 0 Å². The highest BCUT2D eigenvalue weighted by atomic mass is 32.2. The summed E-state index contributed by atoms with van der Waals surface area (Å²) in [6.07, 6.45) is 2.92. The van der Waals surface area contributed by atoms with Gasteiger partial charge in [0.2, 0.25) is 0 Å². The van der Waals surface area contributed by atoms with Crippen molar-refractivity contribution < 1.29 is 9.18 Å². The number of aldehydes is 1. The average Bonchev–Trinajstić information content (AvgIpc) is 2.34. The van der Waals surface area contributed by atoms with Crippen molar-refractivity contribution in [2.75, 3.05) is 13.1 Å². The van der Waals surface area contributed by atoms with Gasteiger partial charge in [-0.2, -0.15) is 0 Å². The lowest BCUT2D eigenvalue weighted by molar-refractivity contribution is -0.112. The van der Waals surface area contributed by atoms with E-state index in [4.69, 9.17) is 0 Å². The molecule has 1 aromatic rings. The summed E-state index contributed by atoms with van der Waals surface area (Å²) in [7, 11) is 0. The van der Waals surface area contributed by atoms with E-state index in [9.17, 15) is 9.18 Å². The molecule has 0 atom stereocenters. The highest BCUT2D eigenvalue weighted by Gasteiger charge is 2.19. The van der Waals surface area contributed by atoms with Crippen LogP contribution >= 0.6 is 11.9 Å². The molecule has 1 saturated heterocycles. The monoisotopic (exact) mass is 253 g/mol. The van der Waals surface area contributed by atoms with Crippen LogP contribution in [0.2, 0.25) is 0 Å². The highest BCUT2D eigenvalue weighted by Crippen LogP contribution is 2.30. The van der Waals surface area contributed by atoms with Gasteiger partial charge in [-0.3, -0.25) is 0 Å². The standard InChI is InChI=1S/C13H16FNOS/c1-10-8-12(14)2-3-13(10)17-15-6-4-11(9-16)5-7-15/h2-3,8-9,11H,4-7H2,1H3. The van der Waals surface area contributed by atoms with Crippen molar-refractivity contribution in [2.45, 2.75) is 24.7 Å². The van der Waals surface area contributed by atoms with E-state index in [-0.39, 0.29) is 11.7 Å². The van der Waals surface area contributed by atoms with Crippen LogP contribution in [-0.4, -0.2) is 23.7 Å². The van der Waals surface area contributed by atoms with E-state index in [1.165, 1.54) is 6.07 Å². The number of carbonyl (C=O) groups is 1. The summed E-state index contributed by atoms with van der Waals surface area (Å²) in [4.78, 5) is 11.7. The summed E-state index contributed by atoms with van der Waals surface area (Å²) in [5, 5.41) is 0. The third kappa shape index (κ3) is 3.30. The first-order valence-corrected chi connectivity index (χ1v) is 6.61. The number of benzene rings is 1. The highest BCUT2D eigenvalue weighted by molar-refractivity contribution is 7.97. The fourth-order valence-electron chi connectivity index (χ4n) is 1.96. The van der Waals surface area contributed by atoms with Gasteiger partial charge in [-0.15, -0.1) is 0 Å². The number of hydrogen-bond acceptors (Lipinski definition) is 3. The molecule has 0 aromatic heterocycles. The van der Waals surface area contributed by atoms with Gasteiger partial charge in [0.25, 0.3) is 0 Å². The van der Waals surface area contributed by atoms with E-state index >= 15 is 0 Å². The summed E-state index contributed by atoms with van der Waals surface area (Å²) >= 11 is 1.66.